The fourth-order valence-electron chi connectivity index (χ4n) is 3.57. The Labute approximate surface area is 187 Å². The Kier molecular flexibility index (Phi) is 5.93. The molecule has 0 unspecified atom stereocenters. The molecule has 0 atom stereocenters. The van der Waals surface area contributed by atoms with Gasteiger partial charge < -0.3 is 15.5 Å². The Morgan fingerprint density at radius 2 is 2.00 bits per heavy atom. The molecule has 1 amide bonds. The first-order valence-electron chi connectivity index (χ1n) is 9.23. The van der Waals surface area contributed by atoms with Crippen molar-refractivity contribution in [3.63, 3.8) is 0 Å². The first kappa shape index (κ1) is 19.7. The molecule has 146 valence electrons. The van der Waals surface area contributed by atoms with E-state index in [0.717, 1.165) is 38.9 Å². The maximum atomic E-state index is 12.9. The molecule has 1 fully saturated rings. The summed E-state index contributed by atoms with van der Waals surface area (Å²) in [6, 6.07) is 4.15. The van der Waals surface area contributed by atoms with Crippen molar-refractivity contribution in [3.05, 3.63) is 38.3 Å². The van der Waals surface area contributed by atoms with Gasteiger partial charge in [0.25, 0.3) is 5.91 Å². The number of amides is 1. The van der Waals surface area contributed by atoms with E-state index in [0.29, 0.717) is 23.5 Å². The second kappa shape index (κ2) is 8.42. The van der Waals surface area contributed by atoms with Crippen molar-refractivity contribution in [2.45, 2.75) is 25.7 Å². The van der Waals surface area contributed by atoms with Crippen molar-refractivity contribution in [1.29, 1.82) is 0 Å². The molecular formula is C19H20IN5OS2. The highest BCUT2D eigenvalue weighted by atomic mass is 127. The molecule has 9 heteroatoms. The summed E-state index contributed by atoms with van der Waals surface area (Å²) in [6.07, 6.45) is 5.81. The Hall–Kier alpha value is -1.59. The number of rotatable bonds is 4. The molecule has 0 saturated carbocycles. The average Bonchev–Trinajstić information content (AvgIpc) is 3.16. The fourth-order valence-corrected chi connectivity index (χ4v) is 5.73. The van der Waals surface area contributed by atoms with E-state index in [1.165, 1.54) is 42.2 Å². The van der Waals surface area contributed by atoms with Crippen molar-refractivity contribution < 1.29 is 4.79 Å². The molecule has 1 saturated heterocycles. The summed E-state index contributed by atoms with van der Waals surface area (Å²) < 4.78 is 0.914. The number of pyridine rings is 1. The number of anilines is 1. The predicted octanol–water partition coefficient (Wildman–Crippen LogP) is 3.60. The molecule has 0 radical (unpaired) electrons. The number of aromatic nitrogens is 2. The second-order valence-corrected chi connectivity index (χ2v) is 9.02. The molecule has 2 N–H and O–H groups in total. The van der Waals surface area contributed by atoms with Gasteiger partial charge in [-0.25, -0.2) is 9.97 Å². The lowest BCUT2D eigenvalue weighted by Crippen LogP contribution is -2.36. The number of carbonyl (C=O) groups is 1. The van der Waals surface area contributed by atoms with Crippen molar-refractivity contribution in [1.82, 2.24) is 14.9 Å². The Bertz CT molecular complexity index is 952. The molecule has 2 aliphatic heterocycles. The van der Waals surface area contributed by atoms with E-state index in [1.54, 1.807) is 4.90 Å². The van der Waals surface area contributed by atoms with E-state index in [-0.39, 0.29) is 5.91 Å². The molecule has 6 nitrogen and oxygen atoms in total. The molecule has 0 spiro atoms. The molecule has 4 heterocycles. The van der Waals surface area contributed by atoms with Gasteiger partial charge in [0, 0.05) is 43.2 Å². The van der Waals surface area contributed by atoms with Gasteiger partial charge in [0.1, 0.15) is 19.4 Å². The Balaban J connectivity index is 1.62. The smallest absolute Gasteiger partial charge is 0.270 e. The predicted molar refractivity (Wildman–Crippen MR) is 125 cm³/mol. The van der Waals surface area contributed by atoms with Gasteiger partial charge in [-0.3, -0.25) is 4.79 Å². The Morgan fingerprint density at radius 3 is 2.68 bits per heavy atom. The van der Waals surface area contributed by atoms with Crippen LogP contribution < -0.4 is 10.6 Å². The van der Waals surface area contributed by atoms with Crippen molar-refractivity contribution in [3.8, 4) is 10.6 Å². The molecule has 0 aliphatic carbocycles. The van der Waals surface area contributed by atoms with Crippen LogP contribution in [0.5, 0.6) is 0 Å². The van der Waals surface area contributed by atoms with E-state index in [1.807, 2.05) is 0 Å². The number of thiazole rings is 1. The van der Waals surface area contributed by atoms with Gasteiger partial charge >= 0.3 is 0 Å². The number of halogens is 1. The van der Waals surface area contributed by atoms with Gasteiger partial charge in [-0.2, -0.15) is 0 Å². The Morgan fingerprint density at radius 1 is 1.21 bits per heavy atom. The van der Waals surface area contributed by atoms with Gasteiger partial charge in [0.05, 0.1) is 11.4 Å². The van der Waals surface area contributed by atoms with Crippen molar-refractivity contribution in [2.24, 2.45) is 5.73 Å². The topological polar surface area (TPSA) is 75.3 Å². The zero-order valence-electron chi connectivity index (χ0n) is 15.2. The normalized spacial score (nSPS) is 17.6. The molecule has 2 aromatic heterocycles. The largest absolute Gasteiger partial charge is 0.403 e. The second-order valence-electron chi connectivity index (χ2n) is 6.77. The summed E-state index contributed by atoms with van der Waals surface area (Å²) in [7, 11) is 0. The number of allylic oxidation sites excluding steroid dienone is 1. The van der Waals surface area contributed by atoms with Gasteiger partial charge in [0.15, 0.2) is 0 Å². The highest BCUT2D eigenvalue weighted by Crippen LogP contribution is 2.35. The number of nitrogens with two attached hydrogens (primary N) is 1. The molecule has 2 aliphatic rings. The maximum Gasteiger partial charge on any atom is 0.270 e. The lowest BCUT2D eigenvalue weighted by Gasteiger charge is -2.27. The first-order valence-corrected chi connectivity index (χ1v) is 11.6. The zero-order chi connectivity index (χ0) is 19.7. The molecule has 4 rings (SSSR count). The van der Waals surface area contributed by atoms with E-state index in [4.69, 9.17) is 27.9 Å². The number of fused-ring (bicyclic) bond motifs is 1. The van der Waals surface area contributed by atoms with Crippen LogP contribution in [0.1, 0.15) is 34.6 Å². The SMILES string of the molecule is NC=C(C=S)N1CCc2nc(-c3ccc(N4CCCCC4)nc3I)sc2C1=O. The van der Waals surface area contributed by atoms with Gasteiger partial charge in [-0.1, -0.05) is 12.2 Å². The summed E-state index contributed by atoms with van der Waals surface area (Å²) in [4.78, 5) is 27.1. The van der Waals surface area contributed by atoms with Crippen LogP contribution in [0.4, 0.5) is 5.82 Å². The van der Waals surface area contributed by atoms with Crippen molar-refractivity contribution in [2.75, 3.05) is 24.5 Å². The van der Waals surface area contributed by atoms with Crippen LogP contribution in [0.2, 0.25) is 0 Å². The number of thiocarbonyl (C=S) groups is 1. The van der Waals surface area contributed by atoms with Crippen molar-refractivity contribution >= 4 is 63.2 Å². The number of nitrogens with zero attached hydrogens (tertiary/aromatic N) is 4. The van der Waals surface area contributed by atoms with Gasteiger partial charge in [-0.15, -0.1) is 11.3 Å². The third kappa shape index (κ3) is 3.67. The highest BCUT2D eigenvalue weighted by Gasteiger charge is 2.30. The van der Waals surface area contributed by atoms with Crippen LogP contribution in [-0.2, 0) is 6.42 Å². The highest BCUT2D eigenvalue weighted by molar-refractivity contribution is 14.1. The first-order chi connectivity index (χ1) is 13.6. The standard InChI is InChI=1S/C19H20IN5OS2/c20-17-13(4-5-15(23-17)24-7-2-1-3-8-24)18-22-14-6-9-25(12(10-21)11-27)19(26)16(14)28-18/h4-5,10-11H,1-3,6-9,21H2. The minimum absolute atomic E-state index is 0.0873. The number of carbonyl (C=O) groups excluding carboxylic acids is 1. The van der Waals surface area contributed by atoms with E-state index >= 15 is 0 Å². The molecular weight excluding hydrogens is 505 g/mol. The number of hydrogen-bond acceptors (Lipinski definition) is 7. The molecule has 28 heavy (non-hydrogen) atoms. The number of piperidine rings is 1. The van der Waals surface area contributed by atoms with Crippen LogP contribution in [0.15, 0.2) is 24.0 Å². The molecule has 0 bridgehead atoms. The van der Waals surface area contributed by atoms with Gasteiger partial charge in [-0.05, 0) is 54.0 Å². The summed E-state index contributed by atoms with van der Waals surface area (Å²) in [6.45, 7) is 2.67. The number of hydrogen-bond donors (Lipinski definition) is 1. The van der Waals surface area contributed by atoms with Crippen LogP contribution in [-0.4, -0.2) is 45.8 Å². The lowest BCUT2D eigenvalue weighted by molar-refractivity contribution is 0.0805. The van der Waals surface area contributed by atoms with Crippen LogP contribution in [0.3, 0.4) is 0 Å². The molecule has 0 aromatic carbocycles. The van der Waals surface area contributed by atoms with E-state index in [9.17, 15) is 4.79 Å². The van der Waals surface area contributed by atoms with Crippen LogP contribution >= 0.6 is 46.1 Å². The lowest BCUT2D eigenvalue weighted by atomic mass is 10.1. The summed E-state index contributed by atoms with van der Waals surface area (Å²) in [5, 5.41) is 2.28. The van der Waals surface area contributed by atoms with E-state index in [2.05, 4.69) is 39.6 Å². The van der Waals surface area contributed by atoms with Gasteiger partial charge in [0.2, 0.25) is 0 Å². The maximum absolute atomic E-state index is 12.9. The molecule has 2 aromatic rings. The fraction of sp³-hybridized carbons (Fsp3) is 0.368. The monoisotopic (exact) mass is 525 g/mol. The zero-order valence-corrected chi connectivity index (χ0v) is 19.0. The summed E-state index contributed by atoms with van der Waals surface area (Å²) in [5.74, 6) is 0.936. The van der Waals surface area contributed by atoms with Crippen LogP contribution in [0, 0.1) is 3.70 Å². The van der Waals surface area contributed by atoms with E-state index < -0.39 is 0 Å². The minimum Gasteiger partial charge on any atom is -0.403 e. The average molecular weight is 525 g/mol. The van der Waals surface area contributed by atoms with Crippen LogP contribution in [0.25, 0.3) is 10.6 Å². The summed E-state index contributed by atoms with van der Waals surface area (Å²) in [5.41, 5.74) is 7.99. The minimum atomic E-state index is -0.0873. The quantitative estimate of drug-likeness (QED) is 0.285. The third-order valence-electron chi connectivity index (χ3n) is 5.06. The third-order valence-corrected chi connectivity index (χ3v) is 7.24. The summed E-state index contributed by atoms with van der Waals surface area (Å²) >= 11 is 8.66.